The Morgan fingerprint density at radius 1 is 1.29 bits per heavy atom. The van der Waals surface area contributed by atoms with E-state index in [4.69, 9.17) is 9.84 Å². The second-order valence-corrected chi connectivity index (χ2v) is 5.17. The van der Waals surface area contributed by atoms with Crippen LogP contribution in [-0.4, -0.2) is 61.2 Å². The van der Waals surface area contributed by atoms with Gasteiger partial charge in [-0.3, -0.25) is 0 Å². The minimum Gasteiger partial charge on any atom is -0.396 e. The Balaban J connectivity index is 2.48. The van der Waals surface area contributed by atoms with Gasteiger partial charge in [-0.1, -0.05) is 13.3 Å². The summed E-state index contributed by atoms with van der Waals surface area (Å²) in [4.78, 5) is 2.26. The lowest BCUT2D eigenvalue weighted by Gasteiger charge is -2.39. The van der Waals surface area contributed by atoms with E-state index in [2.05, 4.69) is 11.8 Å². The average molecular weight is 245 g/mol. The molecule has 1 aliphatic rings. The summed E-state index contributed by atoms with van der Waals surface area (Å²) in [7, 11) is 0. The van der Waals surface area contributed by atoms with Gasteiger partial charge in [0.1, 0.15) is 0 Å². The van der Waals surface area contributed by atoms with E-state index >= 15 is 0 Å². The minimum atomic E-state index is -0.110. The van der Waals surface area contributed by atoms with Gasteiger partial charge in [-0.2, -0.15) is 0 Å². The van der Waals surface area contributed by atoms with Gasteiger partial charge in [0, 0.05) is 25.1 Å². The molecule has 0 aromatic carbocycles. The first-order valence-electron chi connectivity index (χ1n) is 6.78. The molecule has 1 unspecified atom stereocenters. The Labute approximate surface area is 105 Å². The van der Waals surface area contributed by atoms with Gasteiger partial charge >= 0.3 is 0 Å². The number of rotatable bonds is 8. The Bertz CT molecular complexity index is 193. The molecule has 0 saturated carbocycles. The van der Waals surface area contributed by atoms with Crippen molar-refractivity contribution in [2.24, 2.45) is 5.41 Å². The Morgan fingerprint density at radius 2 is 2.12 bits per heavy atom. The highest BCUT2D eigenvalue weighted by Gasteiger charge is 2.33. The van der Waals surface area contributed by atoms with Crippen LogP contribution in [0.2, 0.25) is 0 Å². The Hall–Kier alpha value is -0.160. The highest BCUT2D eigenvalue weighted by molar-refractivity contribution is 4.84. The normalized spacial score (nSPS) is 25.4. The molecule has 0 radical (unpaired) electrons. The molecule has 1 aliphatic heterocycles. The van der Waals surface area contributed by atoms with Crippen LogP contribution < -0.4 is 0 Å². The largest absolute Gasteiger partial charge is 0.396 e. The van der Waals surface area contributed by atoms with Crippen LogP contribution in [-0.2, 0) is 4.74 Å². The maximum absolute atomic E-state index is 9.61. The average Bonchev–Trinajstić information content (AvgIpc) is 2.37. The number of aliphatic hydroxyl groups is 2. The van der Waals surface area contributed by atoms with Crippen molar-refractivity contribution in [3.8, 4) is 0 Å². The van der Waals surface area contributed by atoms with E-state index in [1.165, 1.54) is 0 Å². The molecular weight excluding hydrogens is 218 g/mol. The van der Waals surface area contributed by atoms with Gasteiger partial charge in [0.15, 0.2) is 0 Å². The van der Waals surface area contributed by atoms with Crippen molar-refractivity contribution in [1.29, 1.82) is 0 Å². The van der Waals surface area contributed by atoms with Crippen LogP contribution in [0.1, 0.15) is 32.6 Å². The second-order valence-electron chi connectivity index (χ2n) is 5.17. The number of ether oxygens (including phenoxy) is 1. The summed E-state index contributed by atoms with van der Waals surface area (Å²) in [5.41, 5.74) is -0.110. The van der Waals surface area contributed by atoms with E-state index in [-0.39, 0.29) is 18.6 Å². The van der Waals surface area contributed by atoms with Crippen molar-refractivity contribution >= 4 is 0 Å². The topological polar surface area (TPSA) is 52.9 Å². The third-order valence-corrected chi connectivity index (χ3v) is 3.54. The summed E-state index contributed by atoms with van der Waals surface area (Å²) in [6.07, 6.45) is 4.35. The van der Waals surface area contributed by atoms with Gasteiger partial charge in [-0.15, -0.1) is 0 Å². The molecule has 1 saturated heterocycles. The predicted octanol–water partition coefficient (Wildman–Crippen LogP) is 0.870. The molecule has 4 heteroatoms. The molecule has 0 aromatic rings. The number of hydrogen-bond donors (Lipinski definition) is 2. The molecule has 0 spiro atoms. The molecule has 0 amide bonds. The SMILES string of the molecule is CCCCN(CCO)CC1(CO)CCCOC1. The lowest BCUT2D eigenvalue weighted by atomic mass is 9.82. The smallest absolute Gasteiger partial charge is 0.0558 e. The zero-order valence-electron chi connectivity index (χ0n) is 11.0. The van der Waals surface area contributed by atoms with E-state index in [9.17, 15) is 5.11 Å². The van der Waals surface area contributed by atoms with E-state index < -0.39 is 0 Å². The van der Waals surface area contributed by atoms with Gasteiger partial charge in [-0.25, -0.2) is 0 Å². The lowest BCUT2D eigenvalue weighted by Crippen LogP contribution is -2.46. The Morgan fingerprint density at radius 3 is 2.65 bits per heavy atom. The molecule has 0 aromatic heterocycles. The quantitative estimate of drug-likeness (QED) is 0.666. The van der Waals surface area contributed by atoms with Gasteiger partial charge in [0.05, 0.1) is 19.8 Å². The number of hydrogen-bond acceptors (Lipinski definition) is 4. The van der Waals surface area contributed by atoms with Crippen LogP contribution in [0.4, 0.5) is 0 Å². The molecule has 1 heterocycles. The summed E-state index contributed by atoms with van der Waals surface area (Å²) < 4.78 is 5.51. The molecule has 102 valence electrons. The zero-order valence-corrected chi connectivity index (χ0v) is 11.0. The predicted molar refractivity (Wildman–Crippen MR) is 68.0 cm³/mol. The summed E-state index contributed by atoms with van der Waals surface area (Å²) in [5.74, 6) is 0. The number of aliphatic hydroxyl groups excluding tert-OH is 2. The van der Waals surface area contributed by atoms with Crippen LogP contribution in [0.15, 0.2) is 0 Å². The standard InChI is InChI=1S/C13H27NO3/c1-2-3-6-14(7-8-15)10-13(11-16)5-4-9-17-12-13/h15-16H,2-12H2,1H3. The molecule has 1 rings (SSSR count). The molecule has 2 N–H and O–H groups in total. The minimum absolute atomic E-state index is 0.110. The second kappa shape index (κ2) is 8.03. The summed E-state index contributed by atoms with van der Waals surface area (Å²) in [6, 6.07) is 0. The first-order valence-corrected chi connectivity index (χ1v) is 6.78. The molecule has 1 atom stereocenters. The first kappa shape index (κ1) is 14.9. The van der Waals surface area contributed by atoms with Gasteiger partial charge in [-0.05, 0) is 25.8 Å². The third-order valence-electron chi connectivity index (χ3n) is 3.54. The van der Waals surface area contributed by atoms with Gasteiger partial charge < -0.3 is 19.8 Å². The van der Waals surface area contributed by atoms with Crippen LogP contribution in [0.25, 0.3) is 0 Å². The molecule has 17 heavy (non-hydrogen) atoms. The van der Waals surface area contributed by atoms with E-state index in [1.807, 2.05) is 0 Å². The molecule has 0 bridgehead atoms. The third kappa shape index (κ3) is 4.92. The highest BCUT2D eigenvalue weighted by Crippen LogP contribution is 2.29. The summed E-state index contributed by atoms with van der Waals surface area (Å²) >= 11 is 0. The van der Waals surface area contributed by atoms with Gasteiger partial charge in [0.2, 0.25) is 0 Å². The fourth-order valence-electron chi connectivity index (χ4n) is 2.48. The van der Waals surface area contributed by atoms with Crippen LogP contribution in [0.5, 0.6) is 0 Å². The maximum Gasteiger partial charge on any atom is 0.0558 e. The molecular formula is C13H27NO3. The number of unbranched alkanes of at least 4 members (excludes halogenated alkanes) is 1. The van der Waals surface area contributed by atoms with Crippen molar-refractivity contribution in [3.05, 3.63) is 0 Å². The first-order chi connectivity index (χ1) is 8.26. The van der Waals surface area contributed by atoms with Crippen molar-refractivity contribution in [3.63, 3.8) is 0 Å². The maximum atomic E-state index is 9.61. The van der Waals surface area contributed by atoms with Crippen LogP contribution in [0, 0.1) is 5.41 Å². The fourth-order valence-corrected chi connectivity index (χ4v) is 2.48. The summed E-state index contributed by atoms with van der Waals surface area (Å²) in [5, 5.41) is 18.7. The summed E-state index contributed by atoms with van der Waals surface area (Å²) in [6.45, 7) is 6.54. The van der Waals surface area contributed by atoms with E-state index in [0.717, 1.165) is 45.4 Å². The van der Waals surface area contributed by atoms with Crippen LogP contribution in [0.3, 0.4) is 0 Å². The van der Waals surface area contributed by atoms with E-state index in [1.54, 1.807) is 0 Å². The van der Waals surface area contributed by atoms with Crippen molar-refractivity contribution in [2.75, 3.05) is 46.1 Å². The molecule has 1 fully saturated rings. The van der Waals surface area contributed by atoms with Gasteiger partial charge in [0.25, 0.3) is 0 Å². The van der Waals surface area contributed by atoms with Crippen LogP contribution >= 0.6 is 0 Å². The molecule has 0 aliphatic carbocycles. The monoisotopic (exact) mass is 245 g/mol. The highest BCUT2D eigenvalue weighted by atomic mass is 16.5. The van der Waals surface area contributed by atoms with Crippen molar-refractivity contribution in [1.82, 2.24) is 4.90 Å². The molecule has 4 nitrogen and oxygen atoms in total. The van der Waals surface area contributed by atoms with Crippen molar-refractivity contribution in [2.45, 2.75) is 32.6 Å². The van der Waals surface area contributed by atoms with Crippen molar-refractivity contribution < 1.29 is 14.9 Å². The zero-order chi connectivity index (χ0) is 12.6. The lowest BCUT2D eigenvalue weighted by molar-refractivity contribution is -0.0568. The fraction of sp³-hybridized carbons (Fsp3) is 1.00. The van der Waals surface area contributed by atoms with E-state index in [0.29, 0.717) is 13.2 Å². The number of nitrogens with zero attached hydrogens (tertiary/aromatic N) is 1. The Kier molecular flexibility index (Phi) is 7.04.